The largest absolute Gasteiger partial charge is 0.468 e. The summed E-state index contributed by atoms with van der Waals surface area (Å²) in [5, 5.41) is 9.88. The summed E-state index contributed by atoms with van der Waals surface area (Å²) < 4.78 is 11.2. The van der Waals surface area contributed by atoms with Crippen molar-refractivity contribution in [3.63, 3.8) is 0 Å². The molecule has 0 bridgehead atoms. The van der Waals surface area contributed by atoms with Gasteiger partial charge in [0.1, 0.15) is 18.1 Å². The highest BCUT2D eigenvalue weighted by Gasteiger charge is 2.08. The number of aromatic nitrogens is 2. The van der Waals surface area contributed by atoms with Crippen molar-refractivity contribution in [1.82, 2.24) is 15.5 Å². The van der Waals surface area contributed by atoms with Gasteiger partial charge < -0.3 is 14.5 Å². The number of hydrogen-bond acceptors (Lipinski definition) is 4. The van der Waals surface area contributed by atoms with Crippen LogP contribution in [0.5, 0.6) is 5.88 Å². The number of furan rings is 1. The third-order valence-electron chi connectivity index (χ3n) is 2.45. The van der Waals surface area contributed by atoms with Gasteiger partial charge in [-0.25, -0.2) is 0 Å². The van der Waals surface area contributed by atoms with Crippen LogP contribution in [0, 0.1) is 13.8 Å². The van der Waals surface area contributed by atoms with Crippen molar-refractivity contribution >= 4 is 0 Å². The molecule has 0 radical (unpaired) electrons. The molecule has 0 spiro atoms. The van der Waals surface area contributed by atoms with Gasteiger partial charge in [0.15, 0.2) is 0 Å². The summed E-state index contributed by atoms with van der Waals surface area (Å²) in [5.41, 5.74) is 2.11. The molecule has 0 aromatic carbocycles. The number of nitrogens with zero attached hydrogens (tertiary/aromatic N) is 1. The summed E-state index contributed by atoms with van der Waals surface area (Å²) >= 11 is 0. The van der Waals surface area contributed by atoms with E-state index in [1.165, 1.54) is 0 Å². The number of ether oxygens (including phenoxy) is 1. The number of nitrogens with one attached hydrogen (secondary N) is 2. The van der Waals surface area contributed by atoms with Crippen LogP contribution in [-0.2, 0) is 13.2 Å². The van der Waals surface area contributed by atoms with Crippen molar-refractivity contribution < 1.29 is 9.15 Å². The molecule has 0 fully saturated rings. The van der Waals surface area contributed by atoms with E-state index >= 15 is 0 Å². The molecule has 0 unspecified atom stereocenters. The summed E-state index contributed by atoms with van der Waals surface area (Å²) in [7, 11) is 1.89. The molecule has 5 nitrogen and oxygen atoms in total. The molecule has 5 heteroatoms. The van der Waals surface area contributed by atoms with Crippen LogP contribution in [-0.4, -0.2) is 17.2 Å². The molecule has 0 saturated carbocycles. The normalized spacial score (nSPS) is 10.8. The minimum Gasteiger partial charge on any atom is -0.468 e. The minimum atomic E-state index is 0.398. The van der Waals surface area contributed by atoms with Gasteiger partial charge in [-0.2, -0.15) is 0 Å². The average Bonchev–Trinajstić information content (AvgIpc) is 2.84. The molecule has 17 heavy (non-hydrogen) atoms. The number of aromatic amines is 1. The molecule has 2 N–H and O–H groups in total. The maximum absolute atomic E-state index is 5.66. The summed E-state index contributed by atoms with van der Waals surface area (Å²) in [6.45, 7) is 5.09. The Kier molecular flexibility index (Phi) is 3.49. The predicted molar refractivity (Wildman–Crippen MR) is 63.9 cm³/mol. The Morgan fingerprint density at radius 1 is 1.41 bits per heavy atom. The molecule has 2 heterocycles. The number of aryl methyl sites for hydroxylation is 2. The molecule has 2 aromatic heterocycles. The standard InChI is InChI=1S/C12H17N3O2/c1-8-4-10(17-11(8)6-13-3)7-16-12-5-9(2)14-15-12/h4-5,13H,6-7H2,1-3H3,(H,14,15). The van der Waals surface area contributed by atoms with Gasteiger partial charge in [-0.15, -0.1) is 5.10 Å². The highest BCUT2D eigenvalue weighted by molar-refractivity contribution is 5.20. The van der Waals surface area contributed by atoms with Gasteiger partial charge in [-0.3, -0.25) is 5.10 Å². The quantitative estimate of drug-likeness (QED) is 0.831. The SMILES string of the molecule is CNCc1oc(COc2cc(C)[nH]n2)cc1C. The van der Waals surface area contributed by atoms with Gasteiger partial charge in [-0.1, -0.05) is 0 Å². The van der Waals surface area contributed by atoms with Crippen LogP contribution in [0.1, 0.15) is 22.8 Å². The first-order chi connectivity index (χ1) is 8.19. The Morgan fingerprint density at radius 3 is 2.88 bits per heavy atom. The van der Waals surface area contributed by atoms with E-state index in [1.807, 2.05) is 33.0 Å². The second-order valence-corrected chi connectivity index (χ2v) is 4.03. The Morgan fingerprint density at radius 2 is 2.24 bits per heavy atom. The summed E-state index contributed by atoms with van der Waals surface area (Å²) in [6, 6.07) is 3.84. The molecule has 0 amide bonds. The highest BCUT2D eigenvalue weighted by atomic mass is 16.5. The van der Waals surface area contributed by atoms with E-state index < -0.39 is 0 Å². The van der Waals surface area contributed by atoms with E-state index in [2.05, 4.69) is 15.5 Å². The molecule has 92 valence electrons. The average molecular weight is 235 g/mol. The molecule has 0 aliphatic rings. The zero-order chi connectivity index (χ0) is 12.3. The summed E-state index contributed by atoms with van der Waals surface area (Å²) in [5.74, 6) is 2.35. The van der Waals surface area contributed by atoms with Crippen LogP contribution in [0.15, 0.2) is 16.5 Å². The van der Waals surface area contributed by atoms with Gasteiger partial charge in [0, 0.05) is 11.8 Å². The van der Waals surface area contributed by atoms with Gasteiger partial charge >= 0.3 is 0 Å². The molecule has 2 rings (SSSR count). The Labute approximate surface area is 100 Å². The predicted octanol–water partition coefficient (Wildman–Crippen LogP) is 1.92. The first kappa shape index (κ1) is 11.7. The van der Waals surface area contributed by atoms with Crippen LogP contribution in [0.4, 0.5) is 0 Å². The topological polar surface area (TPSA) is 63.1 Å². The fourth-order valence-electron chi connectivity index (χ4n) is 1.61. The summed E-state index contributed by atoms with van der Waals surface area (Å²) in [4.78, 5) is 0. The second-order valence-electron chi connectivity index (χ2n) is 4.03. The Bertz CT molecular complexity index is 488. The fourth-order valence-corrected chi connectivity index (χ4v) is 1.61. The maximum Gasteiger partial charge on any atom is 0.233 e. The minimum absolute atomic E-state index is 0.398. The molecular formula is C12H17N3O2. The van der Waals surface area contributed by atoms with Gasteiger partial charge in [0.2, 0.25) is 5.88 Å². The van der Waals surface area contributed by atoms with Crippen LogP contribution in [0.25, 0.3) is 0 Å². The van der Waals surface area contributed by atoms with Crippen molar-refractivity contribution in [2.75, 3.05) is 7.05 Å². The Hall–Kier alpha value is -1.75. The lowest BCUT2D eigenvalue weighted by atomic mass is 10.2. The first-order valence-corrected chi connectivity index (χ1v) is 5.56. The monoisotopic (exact) mass is 235 g/mol. The van der Waals surface area contributed by atoms with Crippen molar-refractivity contribution in [3.8, 4) is 5.88 Å². The van der Waals surface area contributed by atoms with Gasteiger partial charge in [-0.05, 0) is 32.5 Å². The Balaban J connectivity index is 1.97. The van der Waals surface area contributed by atoms with Crippen LogP contribution < -0.4 is 10.1 Å². The lowest BCUT2D eigenvalue weighted by Gasteiger charge is -1.99. The zero-order valence-corrected chi connectivity index (χ0v) is 10.3. The second kappa shape index (κ2) is 5.05. The maximum atomic E-state index is 5.66. The molecule has 0 saturated heterocycles. The van der Waals surface area contributed by atoms with E-state index in [0.717, 1.165) is 29.3 Å². The van der Waals surface area contributed by atoms with E-state index in [4.69, 9.17) is 9.15 Å². The van der Waals surface area contributed by atoms with Crippen LogP contribution >= 0.6 is 0 Å². The molecule has 2 aromatic rings. The lowest BCUT2D eigenvalue weighted by molar-refractivity contribution is 0.256. The lowest BCUT2D eigenvalue weighted by Crippen LogP contribution is -2.04. The molecular weight excluding hydrogens is 218 g/mol. The van der Waals surface area contributed by atoms with Crippen molar-refractivity contribution in [2.45, 2.75) is 27.0 Å². The van der Waals surface area contributed by atoms with Gasteiger partial charge in [0.05, 0.1) is 6.54 Å². The zero-order valence-electron chi connectivity index (χ0n) is 10.3. The van der Waals surface area contributed by atoms with E-state index in [-0.39, 0.29) is 0 Å². The summed E-state index contributed by atoms with van der Waals surface area (Å²) in [6.07, 6.45) is 0. The fraction of sp³-hybridized carbons (Fsp3) is 0.417. The highest BCUT2D eigenvalue weighted by Crippen LogP contribution is 2.16. The third kappa shape index (κ3) is 2.88. The third-order valence-corrected chi connectivity index (χ3v) is 2.45. The first-order valence-electron chi connectivity index (χ1n) is 5.56. The van der Waals surface area contributed by atoms with E-state index in [9.17, 15) is 0 Å². The number of H-pyrrole nitrogens is 1. The van der Waals surface area contributed by atoms with Crippen LogP contribution in [0.2, 0.25) is 0 Å². The van der Waals surface area contributed by atoms with E-state index in [0.29, 0.717) is 12.5 Å². The molecule has 0 aliphatic heterocycles. The van der Waals surface area contributed by atoms with Crippen molar-refractivity contribution in [1.29, 1.82) is 0 Å². The number of hydrogen-bond donors (Lipinski definition) is 2. The number of rotatable bonds is 5. The van der Waals surface area contributed by atoms with Crippen molar-refractivity contribution in [3.05, 3.63) is 34.9 Å². The molecule has 0 atom stereocenters. The van der Waals surface area contributed by atoms with Crippen molar-refractivity contribution in [2.24, 2.45) is 0 Å². The van der Waals surface area contributed by atoms with E-state index in [1.54, 1.807) is 0 Å². The van der Waals surface area contributed by atoms with Gasteiger partial charge in [0.25, 0.3) is 0 Å². The smallest absolute Gasteiger partial charge is 0.233 e. The van der Waals surface area contributed by atoms with Crippen LogP contribution in [0.3, 0.4) is 0 Å². The molecule has 0 aliphatic carbocycles.